The van der Waals surface area contributed by atoms with E-state index in [2.05, 4.69) is 24.1 Å². The van der Waals surface area contributed by atoms with E-state index in [1.165, 1.54) is 23.5 Å². The number of carbonyl (C=O) groups excluding carboxylic acids is 1. The molecule has 0 aliphatic rings. The van der Waals surface area contributed by atoms with Gasteiger partial charge in [-0.05, 0) is 35.7 Å². The molecule has 3 rings (SSSR count). The number of rotatable bonds is 7. The Morgan fingerprint density at radius 3 is 2.68 bits per heavy atom. The van der Waals surface area contributed by atoms with Crippen LogP contribution in [0.5, 0.6) is 5.75 Å². The van der Waals surface area contributed by atoms with Crippen molar-refractivity contribution in [3.8, 4) is 17.0 Å². The van der Waals surface area contributed by atoms with Crippen LogP contribution < -0.4 is 10.1 Å². The molecule has 1 N–H and O–H groups in total. The number of nitro groups is 1. The summed E-state index contributed by atoms with van der Waals surface area (Å²) in [5.41, 5.74) is 2.54. The van der Waals surface area contributed by atoms with Gasteiger partial charge in [0.15, 0.2) is 11.7 Å². The minimum absolute atomic E-state index is 0.0196. The van der Waals surface area contributed by atoms with Gasteiger partial charge in [-0.3, -0.25) is 20.2 Å². The van der Waals surface area contributed by atoms with Crippen molar-refractivity contribution in [1.82, 2.24) is 4.98 Å². The SMILES string of the molecule is CC(C)c1cccc(OCC(=O)Nc2nc(-c3ccc([N+](=O)[O-])cc3)cs2)c1. The quantitative estimate of drug-likeness (QED) is 0.454. The number of anilines is 1. The molecule has 3 aromatic rings. The van der Waals surface area contributed by atoms with Crippen LogP contribution in [0, 0.1) is 10.1 Å². The minimum atomic E-state index is -0.451. The summed E-state index contributed by atoms with van der Waals surface area (Å²) in [6.45, 7) is 4.07. The number of hydrogen-bond donors (Lipinski definition) is 1. The first-order valence-corrected chi connectivity index (χ1v) is 9.53. The molecular formula is C20H19N3O4S. The highest BCUT2D eigenvalue weighted by atomic mass is 32.1. The summed E-state index contributed by atoms with van der Waals surface area (Å²) in [7, 11) is 0. The average molecular weight is 397 g/mol. The van der Waals surface area contributed by atoms with Gasteiger partial charge in [0.05, 0.1) is 10.6 Å². The first-order chi connectivity index (χ1) is 13.4. The third-order valence-electron chi connectivity index (χ3n) is 4.02. The van der Waals surface area contributed by atoms with E-state index in [4.69, 9.17) is 4.74 Å². The van der Waals surface area contributed by atoms with Gasteiger partial charge in [-0.25, -0.2) is 4.98 Å². The van der Waals surface area contributed by atoms with E-state index in [1.54, 1.807) is 17.5 Å². The van der Waals surface area contributed by atoms with Crippen LogP contribution in [0.1, 0.15) is 25.3 Å². The average Bonchev–Trinajstić information content (AvgIpc) is 3.15. The van der Waals surface area contributed by atoms with E-state index >= 15 is 0 Å². The molecule has 8 heteroatoms. The lowest BCUT2D eigenvalue weighted by atomic mass is 10.0. The van der Waals surface area contributed by atoms with Crippen LogP contribution in [0.4, 0.5) is 10.8 Å². The summed E-state index contributed by atoms with van der Waals surface area (Å²) < 4.78 is 5.56. The number of aromatic nitrogens is 1. The Bertz CT molecular complexity index is 983. The first-order valence-electron chi connectivity index (χ1n) is 8.65. The normalized spacial score (nSPS) is 10.7. The maximum Gasteiger partial charge on any atom is 0.269 e. The van der Waals surface area contributed by atoms with Crippen molar-refractivity contribution in [1.29, 1.82) is 0 Å². The number of non-ortho nitro benzene ring substituents is 1. The van der Waals surface area contributed by atoms with Crippen molar-refractivity contribution in [2.75, 3.05) is 11.9 Å². The summed E-state index contributed by atoms with van der Waals surface area (Å²) in [5, 5.41) is 15.7. The van der Waals surface area contributed by atoms with Crippen molar-refractivity contribution in [2.45, 2.75) is 19.8 Å². The van der Waals surface area contributed by atoms with Crippen molar-refractivity contribution in [2.24, 2.45) is 0 Å². The number of nitrogens with one attached hydrogen (secondary N) is 1. The van der Waals surface area contributed by atoms with Crippen LogP contribution in [0.3, 0.4) is 0 Å². The topological polar surface area (TPSA) is 94.4 Å². The molecule has 1 amide bonds. The standard InChI is InChI=1S/C20H19N3O4S/c1-13(2)15-4-3-5-17(10-15)27-11-19(24)22-20-21-18(12-28-20)14-6-8-16(9-7-14)23(25)26/h3-10,12-13H,11H2,1-2H3,(H,21,22,24). The molecule has 0 spiro atoms. The Labute approximate surface area is 166 Å². The molecule has 2 aromatic carbocycles. The van der Waals surface area contributed by atoms with E-state index in [9.17, 15) is 14.9 Å². The zero-order valence-electron chi connectivity index (χ0n) is 15.4. The van der Waals surface area contributed by atoms with Crippen molar-refractivity contribution in [3.63, 3.8) is 0 Å². The maximum absolute atomic E-state index is 12.1. The molecule has 0 atom stereocenters. The van der Waals surface area contributed by atoms with Gasteiger partial charge >= 0.3 is 0 Å². The van der Waals surface area contributed by atoms with E-state index in [0.717, 1.165) is 11.1 Å². The molecule has 0 aliphatic carbocycles. The number of benzene rings is 2. The summed E-state index contributed by atoms with van der Waals surface area (Å²) in [4.78, 5) is 26.7. The molecule has 0 unspecified atom stereocenters. The third kappa shape index (κ3) is 4.92. The monoisotopic (exact) mass is 397 g/mol. The smallest absolute Gasteiger partial charge is 0.269 e. The first kappa shape index (κ1) is 19.5. The highest BCUT2D eigenvalue weighted by molar-refractivity contribution is 7.14. The molecule has 0 saturated carbocycles. The summed E-state index contributed by atoms with van der Waals surface area (Å²) in [5.74, 6) is 0.720. The van der Waals surface area contributed by atoms with Crippen LogP contribution in [0.15, 0.2) is 53.9 Å². The molecule has 0 fully saturated rings. The zero-order valence-corrected chi connectivity index (χ0v) is 16.2. The predicted octanol–water partition coefficient (Wildman–Crippen LogP) is 4.86. The van der Waals surface area contributed by atoms with Crippen LogP contribution >= 0.6 is 11.3 Å². The van der Waals surface area contributed by atoms with Crippen molar-refractivity contribution < 1.29 is 14.5 Å². The summed E-state index contributed by atoms with van der Waals surface area (Å²) in [6.07, 6.45) is 0. The fourth-order valence-electron chi connectivity index (χ4n) is 2.49. The second-order valence-corrected chi connectivity index (χ2v) is 7.26. The van der Waals surface area contributed by atoms with Gasteiger partial charge in [0, 0.05) is 23.1 Å². The Hall–Kier alpha value is -3.26. The fraction of sp³-hybridized carbons (Fsp3) is 0.200. The Balaban J connectivity index is 1.58. The Morgan fingerprint density at radius 1 is 1.25 bits per heavy atom. The van der Waals surface area contributed by atoms with Crippen molar-refractivity contribution in [3.05, 3.63) is 69.6 Å². The zero-order chi connectivity index (χ0) is 20.1. The van der Waals surface area contributed by atoms with Gasteiger partial charge in [0.1, 0.15) is 5.75 Å². The minimum Gasteiger partial charge on any atom is -0.484 e. The molecule has 0 bridgehead atoms. The fourth-order valence-corrected chi connectivity index (χ4v) is 3.22. The Morgan fingerprint density at radius 2 is 2.00 bits per heavy atom. The molecule has 1 aromatic heterocycles. The molecular weight excluding hydrogens is 378 g/mol. The van der Waals surface area contributed by atoms with Gasteiger partial charge in [0.2, 0.25) is 0 Å². The molecule has 28 heavy (non-hydrogen) atoms. The lowest BCUT2D eigenvalue weighted by molar-refractivity contribution is -0.384. The molecule has 7 nitrogen and oxygen atoms in total. The van der Waals surface area contributed by atoms with Gasteiger partial charge in [-0.15, -0.1) is 11.3 Å². The Kier molecular flexibility index (Phi) is 6.00. The number of ether oxygens (including phenoxy) is 1. The molecule has 0 saturated heterocycles. The van der Waals surface area contributed by atoms with E-state index in [1.807, 2.05) is 24.3 Å². The molecule has 144 valence electrons. The highest BCUT2D eigenvalue weighted by Gasteiger charge is 2.11. The summed E-state index contributed by atoms with van der Waals surface area (Å²) >= 11 is 1.28. The largest absolute Gasteiger partial charge is 0.484 e. The lowest BCUT2D eigenvalue weighted by Gasteiger charge is -2.09. The second kappa shape index (κ2) is 8.62. The molecule has 1 heterocycles. The van der Waals surface area contributed by atoms with Gasteiger partial charge in [0.25, 0.3) is 11.6 Å². The van der Waals surface area contributed by atoms with Crippen LogP contribution in [-0.4, -0.2) is 22.4 Å². The van der Waals surface area contributed by atoms with Gasteiger partial charge < -0.3 is 4.74 Å². The van der Waals surface area contributed by atoms with E-state index < -0.39 is 4.92 Å². The van der Waals surface area contributed by atoms with Gasteiger partial charge in [-0.1, -0.05) is 26.0 Å². The van der Waals surface area contributed by atoms with Crippen LogP contribution in [0.2, 0.25) is 0 Å². The second-order valence-electron chi connectivity index (χ2n) is 6.41. The maximum atomic E-state index is 12.1. The number of carbonyl (C=O) groups is 1. The number of hydrogen-bond acceptors (Lipinski definition) is 6. The van der Waals surface area contributed by atoms with E-state index in [0.29, 0.717) is 22.5 Å². The number of nitrogens with zero attached hydrogens (tertiary/aromatic N) is 2. The number of nitro benzene ring substituents is 1. The molecule has 0 radical (unpaired) electrons. The summed E-state index contributed by atoms with van der Waals surface area (Å²) in [6, 6.07) is 13.8. The van der Waals surface area contributed by atoms with Crippen LogP contribution in [-0.2, 0) is 4.79 Å². The predicted molar refractivity (Wildman–Crippen MR) is 109 cm³/mol. The van der Waals surface area contributed by atoms with Crippen LogP contribution in [0.25, 0.3) is 11.3 Å². The number of thiazole rings is 1. The van der Waals surface area contributed by atoms with Crippen molar-refractivity contribution >= 4 is 28.1 Å². The third-order valence-corrected chi connectivity index (χ3v) is 4.78. The van der Waals surface area contributed by atoms with E-state index in [-0.39, 0.29) is 18.2 Å². The number of amides is 1. The lowest BCUT2D eigenvalue weighted by Crippen LogP contribution is -2.20. The van der Waals surface area contributed by atoms with Gasteiger partial charge in [-0.2, -0.15) is 0 Å². The molecule has 0 aliphatic heterocycles. The highest BCUT2D eigenvalue weighted by Crippen LogP contribution is 2.26.